The van der Waals surface area contributed by atoms with E-state index in [2.05, 4.69) is 31.2 Å². The van der Waals surface area contributed by atoms with E-state index in [1.54, 1.807) is 0 Å². The van der Waals surface area contributed by atoms with E-state index in [9.17, 15) is 0 Å². The predicted octanol–water partition coefficient (Wildman–Crippen LogP) is 2.14. The molecule has 1 aliphatic carbocycles. The van der Waals surface area contributed by atoms with Crippen LogP contribution in [-0.4, -0.2) is 0 Å². The molecule has 0 amide bonds. The second kappa shape index (κ2) is 1.97. The lowest BCUT2D eigenvalue weighted by atomic mass is 9.95. The zero-order chi connectivity index (χ0) is 5.11. The average molecular weight is 94.2 g/mol. The minimum absolute atomic E-state index is 0.769. The molecule has 0 aliphatic heterocycles. The van der Waals surface area contributed by atoms with Gasteiger partial charge in [-0.3, -0.25) is 0 Å². The Kier molecular flexibility index (Phi) is 1.30. The zero-order valence-electron chi connectivity index (χ0n) is 4.59. The maximum Gasteiger partial charge on any atom is -0.00191 e. The summed E-state index contributed by atoms with van der Waals surface area (Å²) in [5.41, 5.74) is 0. The van der Waals surface area contributed by atoms with Crippen LogP contribution in [0.15, 0.2) is 24.3 Å². The number of hydrogen-bond donors (Lipinski definition) is 0. The molecule has 1 atom stereocenters. The van der Waals surface area contributed by atoms with Crippen LogP contribution in [0, 0.1) is 5.92 Å². The molecule has 0 nitrogen and oxygen atoms in total. The van der Waals surface area contributed by atoms with E-state index in [1.165, 1.54) is 6.42 Å². The summed E-state index contributed by atoms with van der Waals surface area (Å²) in [4.78, 5) is 0. The highest BCUT2D eigenvalue weighted by molar-refractivity contribution is 5.10. The third kappa shape index (κ3) is 0.923. The van der Waals surface area contributed by atoms with Gasteiger partial charge in [0, 0.05) is 0 Å². The molecule has 1 rings (SSSR count). The molecule has 0 N–H and O–H groups in total. The topological polar surface area (TPSA) is 0 Å². The number of allylic oxidation sites excluding steroid dienone is 4. The van der Waals surface area contributed by atoms with Crippen LogP contribution in [0.5, 0.6) is 0 Å². The minimum atomic E-state index is 0.769. The van der Waals surface area contributed by atoms with Gasteiger partial charge in [0.25, 0.3) is 0 Å². The largest absolute Gasteiger partial charge is 0.0911 e. The van der Waals surface area contributed by atoms with Crippen LogP contribution < -0.4 is 0 Å². The summed E-state index contributed by atoms with van der Waals surface area (Å²) in [5.74, 6) is 0.769. The Balaban J connectivity index is 2.30. The molecule has 0 bridgehead atoms. The minimum Gasteiger partial charge on any atom is -0.0911 e. The van der Waals surface area contributed by atoms with Crippen LogP contribution >= 0.6 is 0 Å². The smallest absolute Gasteiger partial charge is 0.00191 e. The van der Waals surface area contributed by atoms with Crippen LogP contribution in [0.3, 0.4) is 0 Å². The van der Waals surface area contributed by atoms with Gasteiger partial charge in [-0.25, -0.2) is 0 Å². The lowest BCUT2D eigenvalue weighted by molar-refractivity contribution is 0.759. The van der Waals surface area contributed by atoms with Gasteiger partial charge in [-0.15, -0.1) is 0 Å². The summed E-state index contributed by atoms with van der Waals surface area (Å²) in [5, 5.41) is 0. The van der Waals surface area contributed by atoms with E-state index in [4.69, 9.17) is 0 Å². The highest BCUT2D eigenvalue weighted by atomic mass is 14.1. The van der Waals surface area contributed by atoms with Gasteiger partial charge in [0.2, 0.25) is 0 Å². The number of hydrogen-bond acceptors (Lipinski definition) is 0. The summed E-state index contributed by atoms with van der Waals surface area (Å²) < 4.78 is 0. The molecule has 0 saturated heterocycles. The lowest BCUT2D eigenvalue weighted by Crippen LogP contribution is -1.96. The molecule has 0 aromatic heterocycles. The summed E-state index contributed by atoms with van der Waals surface area (Å²) in [7, 11) is 0. The summed E-state index contributed by atoms with van der Waals surface area (Å²) in [6, 6.07) is 0. The Morgan fingerprint density at radius 1 is 1.71 bits per heavy atom. The fourth-order valence-electron chi connectivity index (χ4n) is 0.683. The Labute approximate surface area is 44.5 Å². The Morgan fingerprint density at radius 3 is 2.57 bits per heavy atom. The van der Waals surface area contributed by atoms with Crippen molar-refractivity contribution in [3.63, 3.8) is 0 Å². The van der Waals surface area contributed by atoms with Crippen LogP contribution in [0.4, 0.5) is 0 Å². The summed E-state index contributed by atoms with van der Waals surface area (Å²) in [6.07, 6.45) is 10.0. The first-order chi connectivity index (χ1) is 3.43. The van der Waals surface area contributed by atoms with Crippen LogP contribution in [0.2, 0.25) is 0 Å². The maximum absolute atomic E-state index is 2.22. The van der Waals surface area contributed by atoms with Gasteiger partial charge in [-0.2, -0.15) is 0 Å². The molecule has 0 radical (unpaired) electrons. The van der Waals surface area contributed by atoms with E-state index in [0.29, 0.717) is 0 Å². The van der Waals surface area contributed by atoms with Crippen molar-refractivity contribution in [1.82, 2.24) is 0 Å². The highest BCUT2D eigenvalue weighted by Crippen LogP contribution is 2.16. The first-order valence-corrected chi connectivity index (χ1v) is 2.73. The second-order valence-corrected chi connectivity index (χ2v) is 1.85. The van der Waals surface area contributed by atoms with Crippen molar-refractivity contribution in [2.75, 3.05) is 0 Å². The first kappa shape index (κ1) is 4.63. The fourth-order valence-corrected chi connectivity index (χ4v) is 0.683. The van der Waals surface area contributed by atoms with Gasteiger partial charge in [0.05, 0.1) is 0 Å². The van der Waals surface area contributed by atoms with Crippen LogP contribution in [0.25, 0.3) is 0 Å². The third-order valence-corrected chi connectivity index (χ3v) is 1.23. The Bertz CT molecular complexity index is 98.6. The van der Waals surface area contributed by atoms with Gasteiger partial charge in [0.1, 0.15) is 0 Å². The van der Waals surface area contributed by atoms with E-state index < -0.39 is 0 Å². The molecule has 0 spiro atoms. The van der Waals surface area contributed by atoms with Gasteiger partial charge in [0.15, 0.2) is 0 Å². The van der Waals surface area contributed by atoms with Crippen molar-refractivity contribution in [1.29, 1.82) is 0 Å². The Morgan fingerprint density at radius 2 is 2.43 bits per heavy atom. The molecule has 1 unspecified atom stereocenters. The molecule has 7 heavy (non-hydrogen) atoms. The molecule has 0 fully saturated rings. The van der Waals surface area contributed by atoms with Crippen molar-refractivity contribution in [2.24, 2.45) is 5.92 Å². The zero-order valence-corrected chi connectivity index (χ0v) is 4.59. The Hall–Kier alpha value is -0.520. The van der Waals surface area contributed by atoms with Crippen molar-refractivity contribution in [3.05, 3.63) is 24.3 Å². The van der Waals surface area contributed by atoms with Gasteiger partial charge in [-0.05, 0) is 19.3 Å². The van der Waals surface area contributed by atoms with Gasteiger partial charge >= 0.3 is 0 Å². The lowest BCUT2D eigenvalue weighted by Gasteiger charge is -2.10. The van der Waals surface area contributed by atoms with Crippen LogP contribution in [0.1, 0.15) is 13.3 Å². The number of rotatable bonds is 1. The molecule has 0 heteroatoms. The third-order valence-electron chi connectivity index (χ3n) is 1.23. The standard InChI is InChI=1S/C7H10/c1-2-4-7-5-3-6-7/h2-5,7H,6H2,1H3. The molecule has 0 aromatic rings. The van der Waals surface area contributed by atoms with Crippen molar-refractivity contribution < 1.29 is 0 Å². The fraction of sp³-hybridized carbons (Fsp3) is 0.429. The van der Waals surface area contributed by atoms with Crippen molar-refractivity contribution in [3.8, 4) is 0 Å². The van der Waals surface area contributed by atoms with Crippen molar-refractivity contribution >= 4 is 0 Å². The van der Waals surface area contributed by atoms with Gasteiger partial charge < -0.3 is 0 Å². The van der Waals surface area contributed by atoms with Gasteiger partial charge in [-0.1, -0.05) is 24.3 Å². The maximum atomic E-state index is 2.22. The monoisotopic (exact) mass is 94.1 g/mol. The molecule has 0 aromatic carbocycles. The van der Waals surface area contributed by atoms with E-state index in [0.717, 1.165) is 5.92 Å². The predicted molar refractivity (Wildman–Crippen MR) is 32.1 cm³/mol. The molecule has 0 saturated carbocycles. The molecule has 1 aliphatic rings. The summed E-state index contributed by atoms with van der Waals surface area (Å²) in [6.45, 7) is 2.06. The second-order valence-electron chi connectivity index (χ2n) is 1.85. The first-order valence-electron chi connectivity index (χ1n) is 2.73. The molecular weight excluding hydrogens is 84.1 g/mol. The van der Waals surface area contributed by atoms with Crippen LogP contribution in [-0.2, 0) is 0 Å². The normalized spacial score (nSPS) is 28.4. The quantitative estimate of drug-likeness (QED) is 0.437. The van der Waals surface area contributed by atoms with E-state index in [-0.39, 0.29) is 0 Å². The highest BCUT2D eigenvalue weighted by Gasteiger charge is 2.02. The van der Waals surface area contributed by atoms with E-state index in [1.807, 2.05) is 0 Å². The molecule has 38 valence electrons. The van der Waals surface area contributed by atoms with Crippen molar-refractivity contribution in [2.45, 2.75) is 13.3 Å². The SMILES string of the molecule is CC=CC1C=CC1. The average Bonchev–Trinajstić information content (AvgIpc) is 1.55. The molecular formula is C7H10. The molecule has 0 heterocycles. The van der Waals surface area contributed by atoms with E-state index >= 15 is 0 Å². The summed E-state index contributed by atoms with van der Waals surface area (Å²) >= 11 is 0.